The third-order valence-corrected chi connectivity index (χ3v) is 4.61. The number of benzene rings is 1. The van der Waals surface area contributed by atoms with Gasteiger partial charge in [0, 0.05) is 31.2 Å². The molecule has 2 aliphatic rings. The molecule has 0 aromatic heterocycles. The molecule has 0 bridgehead atoms. The fourth-order valence-electron chi connectivity index (χ4n) is 2.81. The van der Waals surface area contributed by atoms with E-state index in [4.69, 9.17) is 16.3 Å². The summed E-state index contributed by atoms with van der Waals surface area (Å²) in [6.07, 6.45) is 1.95. The smallest absolute Gasteiger partial charge is 0.410 e. The van der Waals surface area contributed by atoms with E-state index in [1.54, 1.807) is 12.1 Å². The normalized spacial score (nSPS) is 19.6. The van der Waals surface area contributed by atoms with Gasteiger partial charge in [0.15, 0.2) is 0 Å². The van der Waals surface area contributed by atoms with Crippen molar-refractivity contribution in [1.29, 1.82) is 0 Å². The lowest BCUT2D eigenvalue weighted by atomic mass is 9.73. The van der Waals surface area contributed by atoms with Crippen molar-refractivity contribution in [1.82, 2.24) is 10.2 Å². The first-order chi connectivity index (χ1) is 9.67. The molecule has 0 radical (unpaired) electrons. The van der Waals surface area contributed by atoms with Crippen molar-refractivity contribution in [3.05, 3.63) is 34.9 Å². The predicted octanol–water partition coefficient (Wildman–Crippen LogP) is 3.08. The quantitative estimate of drug-likeness (QED) is 0.905. The van der Waals surface area contributed by atoms with Crippen molar-refractivity contribution in [2.45, 2.75) is 19.4 Å². The van der Waals surface area contributed by atoms with Gasteiger partial charge < -0.3 is 15.0 Å². The van der Waals surface area contributed by atoms with Crippen molar-refractivity contribution in [2.75, 3.05) is 26.2 Å². The molecule has 0 aliphatic carbocycles. The second-order valence-electron chi connectivity index (χ2n) is 5.77. The largest absolute Gasteiger partial charge is 0.445 e. The standard InChI is InChI=1S/C15H19ClN2O2.ClH/c16-13-3-1-12(2-4-13)9-20-14(19)18-7-5-15(6-8-18)10-17-11-15;/h1-4,17H,5-11H2;1H. The minimum absolute atomic E-state index is 0. The van der Waals surface area contributed by atoms with Gasteiger partial charge in [-0.15, -0.1) is 12.4 Å². The van der Waals surface area contributed by atoms with Gasteiger partial charge in [-0.25, -0.2) is 4.79 Å². The van der Waals surface area contributed by atoms with Crippen LogP contribution in [0.4, 0.5) is 4.79 Å². The van der Waals surface area contributed by atoms with Crippen LogP contribution in [0.5, 0.6) is 0 Å². The van der Waals surface area contributed by atoms with Gasteiger partial charge in [-0.05, 0) is 36.0 Å². The highest BCUT2D eigenvalue weighted by Gasteiger charge is 2.40. The Bertz CT molecular complexity index is 479. The zero-order valence-corrected chi connectivity index (χ0v) is 13.4. The van der Waals surface area contributed by atoms with E-state index in [2.05, 4.69) is 5.32 Å². The number of ether oxygens (including phenoxy) is 1. The first kappa shape index (κ1) is 16.4. The molecule has 0 unspecified atom stereocenters. The molecular formula is C15H20Cl2N2O2. The molecule has 1 spiro atoms. The average Bonchev–Trinajstić information content (AvgIpc) is 2.45. The summed E-state index contributed by atoms with van der Waals surface area (Å²) in [5.74, 6) is 0. The van der Waals surface area contributed by atoms with Gasteiger partial charge in [0.1, 0.15) is 6.61 Å². The van der Waals surface area contributed by atoms with Gasteiger partial charge >= 0.3 is 6.09 Å². The van der Waals surface area contributed by atoms with E-state index >= 15 is 0 Å². The second-order valence-corrected chi connectivity index (χ2v) is 6.21. The van der Waals surface area contributed by atoms with Crippen LogP contribution < -0.4 is 5.32 Å². The van der Waals surface area contributed by atoms with Gasteiger partial charge in [0.25, 0.3) is 0 Å². The molecule has 1 N–H and O–H groups in total. The maximum atomic E-state index is 12.0. The molecule has 0 atom stereocenters. The van der Waals surface area contributed by atoms with Crippen molar-refractivity contribution in [3.63, 3.8) is 0 Å². The molecule has 2 saturated heterocycles. The SMILES string of the molecule is Cl.O=C(OCc1ccc(Cl)cc1)N1CCC2(CC1)CNC2. The molecule has 1 aromatic rings. The van der Waals surface area contributed by atoms with Crippen LogP contribution in [0.25, 0.3) is 0 Å². The van der Waals surface area contributed by atoms with E-state index in [-0.39, 0.29) is 18.5 Å². The van der Waals surface area contributed by atoms with Crippen LogP contribution >= 0.6 is 24.0 Å². The van der Waals surface area contributed by atoms with Gasteiger partial charge in [-0.2, -0.15) is 0 Å². The third kappa shape index (κ3) is 3.82. The van der Waals surface area contributed by atoms with E-state index < -0.39 is 0 Å². The number of hydrogen-bond donors (Lipinski definition) is 1. The van der Waals surface area contributed by atoms with Crippen molar-refractivity contribution < 1.29 is 9.53 Å². The number of halogens is 2. The van der Waals surface area contributed by atoms with Gasteiger partial charge in [0.05, 0.1) is 0 Å². The lowest BCUT2D eigenvalue weighted by Gasteiger charge is -2.48. The molecule has 0 saturated carbocycles. The number of likely N-dealkylation sites (tertiary alicyclic amines) is 1. The Hall–Kier alpha value is -0.970. The van der Waals surface area contributed by atoms with Crippen LogP contribution in [0.15, 0.2) is 24.3 Å². The Morgan fingerprint density at radius 2 is 1.86 bits per heavy atom. The molecule has 1 aromatic carbocycles. The van der Waals surface area contributed by atoms with Crippen molar-refractivity contribution in [2.24, 2.45) is 5.41 Å². The van der Waals surface area contributed by atoms with Crippen LogP contribution in [0, 0.1) is 5.41 Å². The average molecular weight is 331 g/mol. The topological polar surface area (TPSA) is 41.6 Å². The Labute approximate surface area is 136 Å². The van der Waals surface area contributed by atoms with Crippen LogP contribution in [0.2, 0.25) is 5.02 Å². The first-order valence-electron chi connectivity index (χ1n) is 7.04. The van der Waals surface area contributed by atoms with Crippen LogP contribution in [-0.2, 0) is 11.3 Å². The lowest BCUT2D eigenvalue weighted by Crippen LogP contribution is -2.58. The Kier molecular flexibility index (Phi) is 5.36. The molecule has 2 fully saturated rings. The van der Waals surface area contributed by atoms with Gasteiger partial charge in [-0.3, -0.25) is 0 Å². The number of carbonyl (C=O) groups is 1. The monoisotopic (exact) mass is 330 g/mol. The number of amides is 1. The first-order valence-corrected chi connectivity index (χ1v) is 7.42. The number of rotatable bonds is 2. The van der Waals surface area contributed by atoms with E-state index in [9.17, 15) is 4.79 Å². The zero-order valence-electron chi connectivity index (χ0n) is 11.8. The van der Waals surface area contributed by atoms with Gasteiger partial charge in [-0.1, -0.05) is 23.7 Å². The highest BCUT2D eigenvalue weighted by Crippen LogP contribution is 2.35. The minimum Gasteiger partial charge on any atom is -0.445 e. The highest BCUT2D eigenvalue weighted by molar-refractivity contribution is 6.30. The lowest BCUT2D eigenvalue weighted by molar-refractivity contribution is 0.0384. The number of piperidine rings is 1. The number of nitrogens with one attached hydrogen (secondary N) is 1. The van der Waals surface area contributed by atoms with E-state index in [0.29, 0.717) is 17.0 Å². The molecule has 116 valence electrons. The molecule has 3 rings (SSSR count). The fourth-order valence-corrected chi connectivity index (χ4v) is 2.94. The van der Waals surface area contributed by atoms with E-state index in [0.717, 1.165) is 44.6 Å². The van der Waals surface area contributed by atoms with Crippen LogP contribution in [0.3, 0.4) is 0 Å². The van der Waals surface area contributed by atoms with E-state index in [1.807, 2.05) is 17.0 Å². The summed E-state index contributed by atoms with van der Waals surface area (Å²) in [5, 5.41) is 4.01. The maximum Gasteiger partial charge on any atom is 0.410 e. The molecular weight excluding hydrogens is 311 g/mol. The fraction of sp³-hybridized carbons (Fsp3) is 0.533. The van der Waals surface area contributed by atoms with Crippen molar-refractivity contribution in [3.8, 4) is 0 Å². The van der Waals surface area contributed by atoms with Gasteiger partial charge in [0.2, 0.25) is 0 Å². The summed E-state index contributed by atoms with van der Waals surface area (Å²) < 4.78 is 5.36. The van der Waals surface area contributed by atoms with Crippen LogP contribution in [0.1, 0.15) is 18.4 Å². The molecule has 21 heavy (non-hydrogen) atoms. The van der Waals surface area contributed by atoms with Crippen molar-refractivity contribution >= 4 is 30.1 Å². The second kappa shape index (κ2) is 6.86. The van der Waals surface area contributed by atoms with Crippen LogP contribution in [-0.4, -0.2) is 37.2 Å². The summed E-state index contributed by atoms with van der Waals surface area (Å²) >= 11 is 5.82. The Morgan fingerprint density at radius 1 is 1.24 bits per heavy atom. The molecule has 2 heterocycles. The number of carbonyl (C=O) groups excluding carboxylic acids is 1. The molecule has 6 heteroatoms. The highest BCUT2D eigenvalue weighted by atomic mass is 35.5. The number of nitrogens with zero attached hydrogens (tertiary/aromatic N) is 1. The Morgan fingerprint density at radius 3 is 2.38 bits per heavy atom. The maximum absolute atomic E-state index is 12.0. The number of hydrogen-bond acceptors (Lipinski definition) is 3. The summed E-state index contributed by atoms with van der Waals surface area (Å²) in [6.45, 7) is 4.11. The van der Waals surface area contributed by atoms with E-state index in [1.165, 1.54) is 0 Å². The Balaban J connectivity index is 0.00000161. The molecule has 4 nitrogen and oxygen atoms in total. The third-order valence-electron chi connectivity index (χ3n) is 4.36. The summed E-state index contributed by atoms with van der Waals surface area (Å²) in [6, 6.07) is 7.36. The molecule has 1 amide bonds. The molecule has 2 aliphatic heterocycles. The summed E-state index contributed by atoms with van der Waals surface area (Å²) in [4.78, 5) is 13.8. The zero-order chi connectivity index (χ0) is 14.0. The minimum atomic E-state index is -0.206. The summed E-state index contributed by atoms with van der Waals surface area (Å²) in [5.41, 5.74) is 1.41. The predicted molar refractivity (Wildman–Crippen MR) is 85.0 cm³/mol. The summed E-state index contributed by atoms with van der Waals surface area (Å²) in [7, 11) is 0.